The quantitative estimate of drug-likeness (QED) is 0.504. The fourth-order valence-corrected chi connectivity index (χ4v) is 0.160. The van der Waals surface area contributed by atoms with Crippen molar-refractivity contribution in [2.75, 3.05) is 0 Å². The molecule has 0 spiro atoms. The zero-order chi connectivity index (χ0) is 5.54. The minimum atomic E-state index is 1.41. The largest absolute Gasteiger partial charge is 0.405 e. The third-order valence-corrected chi connectivity index (χ3v) is 0.389. The van der Waals surface area contributed by atoms with E-state index in [4.69, 9.17) is 5.73 Å². The second-order valence-electron chi connectivity index (χ2n) is 0.866. The predicted molar refractivity (Wildman–Crippen MR) is 32.0 cm³/mol. The zero-order valence-electron chi connectivity index (χ0n) is 4.04. The molecular weight excluding hydrogens is 88.1 g/mol. The average Bonchev–Trinajstić information content (AvgIpc) is 1.69. The predicted octanol–water partition coefficient (Wildman–Crippen LogP) is 0.673. The van der Waals surface area contributed by atoms with Crippen molar-refractivity contribution >= 4 is 6.21 Å². The Hall–Kier alpha value is -1.05. The Morgan fingerprint density at radius 1 is 1.57 bits per heavy atom. The molecule has 0 unspecified atom stereocenters. The van der Waals surface area contributed by atoms with Crippen LogP contribution in [0.15, 0.2) is 30.0 Å². The molecule has 0 radical (unpaired) electrons. The van der Waals surface area contributed by atoms with Gasteiger partial charge in [0.05, 0.1) is 0 Å². The van der Waals surface area contributed by atoms with E-state index in [0.29, 0.717) is 0 Å². The molecule has 0 aromatic carbocycles. The molecule has 0 amide bonds. The maximum absolute atomic E-state index is 4.96. The van der Waals surface area contributed by atoms with Gasteiger partial charge in [-0.3, -0.25) is 4.99 Å². The van der Waals surface area contributed by atoms with E-state index in [0.717, 1.165) is 0 Å². The van der Waals surface area contributed by atoms with E-state index in [1.165, 1.54) is 12.4 Å². The first-order valence-corrected chi connectivity index (χ1v) is 1.92. The van der Waals surface area contributed by atoms with E-state index in [2.05, 4.69) is 11.6 Å². The summed E-state index contributed by atoms with van der Waals surface area (Å²) in [7, 11) is 0. The summed E-state index contributed by atoms with van der Waals surface area (Å²) in [6, 6.07) is 0. The van der Waals surface area contributed by atoms with Gasteiger partial charge < -0.3 is 5.73 Å². The molecule has 0 heterocycles. The lowest BCUT2D eigenvalue weighted by atomic mass is 10.7. The van der Waals surface area contributed by atoms with Gasteiger partial charge in [-0.1, -0.05) is 6.58 Å². The number of hydrogen-bond donors (Lipinski definition) is 1. The summed E-state index contributed by atoms with van der Waals surface area (Å²) >= 11 is 0. The fourth-order valence-electron chi connectivity index (χ4n) is 0.160. The van der Waals surface area contributed by atoms with Crippen LogP contribution < -0.4 is 5.73 Å². The highest BCUT2D eigenvalue weighted by molar-refractivity contribution is 5.71. The number of nitrogens with two attached hydrogens (primary N) is 1. The van der Waals surface area contributed by atoms with Crippen molar-refractivity contribution in [3.8, 4) is 0 Å². The highest BCUT2D eigenvalue weighted by atomic mass is 14.6. The molecular formula is C5H8N2. The highest BCUT2D eigenvalue weighted by Crippen LogP contribution is 1.63. The van der Waals surface area contributed by atoms with Crippen molar-refractivity contribution in [2.45, 2.75) is 0 Å². The molecule has 0 bridgehead atoms. The number of rotatable bonds is 2. The summed E-state index contributed by atoms with van der Waals surface area (Å²) in [6.07, 6.45) is 6.04. The van der Waals surface area contributed by atoms with Crippen LogP contribution >= 0.6 is 0 Å². The summed E-state index contributed by atoms with van der Waals surface area (Å²) in [5.74, 6) is 0. The molecule has 0 rings (SSSR count). The monoisotopic (exact) mass is 96.1 g/mol. The first kappa shape index (κ1) is 5.95. The molecule has 0 aliphatic carbocycles. The molecule has 7 heavy (non-hydrogen) atoms. The average molecular weight is 96.1 g/mol. The van der Waals surface area contributed by atoms with E-state index in [-0.39, 0.29) is 0 Å². The molecule has 0 aliphatic rings. The van der Waals surface area contributed by atoms with Crippen molar-refractivity contribution in [1.82, 2.24) is 0 Å². The molecule has 0 aromatic rings. The highest BCUT2D eigenvalue weighted by Gasteiger charge is 1.52. The minimum absolute atomic E-state index is 1.41. The Labute approximate surface area is 43.1 Å². The van der Waals surface area contributed by atoms with Gasteiger partial charge in [-0.2, -0.15) is 0 Å². The van der Waals surface area contributed by atoms with E-state index in [1.54, 1.807) is 12.3 Å². The van der Waals surface area contributed by atoms with E-state index in [1.807, 2.05) is 0 Å². The van der Waals surface area contributed by atoms with Crippen molar-refractivity contribution < 1.29 is 0 Å². The maximum atomic E-state index is 4.96. The van der Waals surface area contributed by atoms with Crippen LogP contribution in [0.1, 0.15) is 0 Å². The van der Waals surface area contributed by atoms with Gasteiger partial charge >= 0.3 is 0 Å². The van der Waals surface area contributed by atoms with Crippen molar-refractivity contribution in [1.29, 1.82) is 0 Å². The SMILES string of the molecule is C=CN=CC=CN. The normalized spacial score (nSPS) is 10.9. The maximum Gasteiger partial charge on any atom is 0.0281 e. The molecule has 0 fully saturated rings. The second-order valence-corrected chi connectivity index (χ2v) is 0.866. The summed E-state index contributed by atoms with van der Waals surface area (Å²) in [6.45, 7) is 3.36. The fraction of sp³-hybridized carbons (Fsp3) is 0. The van der Waals surface area contributed by atoms with Crippen LogP contribution in [0, 0.1) is 0 Å². The second kappa shape index (κ2) is 4.95. The lowest BCUT2D eigenvalue weighted by Crippen LogP contribution is -1.74. The molecule has 2 nitrogen and oxygen atoms in total. The standard InChI is InChI=1S/C5H8N2/c1-2-7-5-3-4-6/h2-5H,1,6H2. The molecule has 2 N–H and O–H groups in total. The van der Waals surface area contributed by atoms with Gasteiger partial charge in [-0.05, 0) is 12.3 Å². The van der Waals surface area contributed by atoms with Gasteiger partial charge in [0.2, 0.25) is 0 Å². The van der Waals surface area contributed by atoms with Crippen molar-refractivity contribution in [3.63, 3.8) is 0 Å². The molecule has 0 aliphatic heterocycles. The van der Waals surface area contributed by atoms with Crippen molar-refractivity contribution in [3.05, 3.63) is 25.1 Å². The molecule has 0 saturated heterocycles. The van der Waals surface area contributed by atoms with Gasteiger partial charge in [0.1, 0.15) is 0 Å². The van der Waals surface area contributed by atoms with Crippen LogP contribution in [0.4, 0.5) is 0 Å². The molecule has 0 aromatic heterocycles. The van der Waals surface area contributed by atoms with Gasteiger partial charge in [-0.15, -0.1) is 0 Å². The van der Waals surface area contributed by atoms with Crippen LogP contribution in [0.25, 0.3) is 0 Å². The van der Waals surface area contributed by atoms with Gasteiger partial charge in [-0.25, -0.2) is 0 Å². The molecule has 38 valence electrons. The Balaban J connectivity index is 3.27. The zero-order valence-corrected chi connectivity index (χ0v) is 4.04. The topological polar surface area (TPSA) is 38.4 Å². The Kier molecular flexibility index (Phi) is 4.21. The summed E-state index contributed by atoms with van der Waals surface area (Å²) < 4.78 is 0. The number of nitrogens with zero attached hydrogens (tertiary/aromatic N) is 1. The molecule has 0 saturated carbocycles. The van der Waals surface area contributed by atoms with Crippen molar-refractivity contribution in [2.24, 2.45) is 10.7 Å². The Morgan fingerprint density at radius 2 is 2.29 bits per heavy atom. The minimum Gasteiger partial charge on any atom is -0.405 e. The number of aliphatic imine (C=N–C) groups is 1. The van der Waals surface area contributed by atoms with E-state index >= 15 is 0 Å². The molecule has 0 atom stereocenters. The van der Waals surface area contributed by atoms with E-state index < -0.39 is 0 Å². The Morgan fingerprint density at radius 3 is 2.71 bits per heavy atom. The number of allylic oxidation sites excluding steroid dienone is 1. The van der Waals surface area contributed by atoms with Crippen LogP contribution in [0.3, 0.4) is 0 Å². The third kappa shape index (κ3) is 4.95. The van der Waals surface area contributed by atoms with Gasteiger partial charge in [0.15, 0.2) is 0 Å². The summed E-state index contributed by atoms with van der Waals surface area (Å²) in [5, 5.41) is 0. The van der Waals surface area contributed by atoms with E-state index in [9.17, 15) is 0 Å². The lowest BCUT2D eigenvalue weighted by Gasteiger charge is -1.66. The van der Waals surface area contributed by atoms with Crippen LogP contribution in [-0.4, -0.2) is 6.21 Å². The smallest absolute Gasteiger partial charge is 0.0281 e. The first-order valence-electron chi connectivity index (χ1n) is 1.92. The Bertz CT molecular complexity index is 92.3. The van der Waals surface area contributed by atoms with Crippen LogP contribution in [0.2, 0.25) is 0 Å². The lowest BCUT2D eigenvalue weighted by molar-refractivity contribution is 1.59. The summed E-state index contributed by atoms with van der Waals surface area (Å²) in [4.78, 5) is 3.63. The summed E-state index contributed by atoms with van der Waals surface area (Å²) in [5.41, 5.74) is 4.96. The first-order chi connectivity index (χ1) is 3.41. The third-order valence-electron chi connectivity index (χ3n) is 0.389. The molecule has 2 heteroatoms. The number of hydrogen-bond acceptors (Lipinski definition) is 2. The van der Waals surface area contributed by atoms with Crippen LogP contribution in [0.5, 0.6) is 0 Å². The van der Waals surface area contributed by atoms with Gasteiger partial charge in [0, 0.05) is 12.4 Å². The van der Waals surface area contributed by atoms with Gasteiger partial charge in [0.25, 0.3) is 0 Å². The van der Waals surface area contributed by atoms with Crippen LogP contribution in [-0.2, 0) is 0 Å².